The van der Waals surface area contributed by atoms with Crippen molar-refractivity contribution in [3.8, 4) is 0 Å². The lowest BCUT2D eigenvalue weighted by molar-refractivity contribution is -0.143. The third-order valence-electron chi connectivity index (χ3n) is 2.71. The minimum absolute atomic E-state index is 0.280. The smallest absolute Gasteiger partial charge is 0.441 e. The van der Waals surface area contributed by atoms with Crippen molar-refractivity contribution < 1.29 is 28.6 Å². The van der Waals surface area contributed by atoms with Crippen molar-refractivity contribution in [2.24, 2.45) is 0 Å². The maximum absolute atomic E-state index is 12.2. The van der Waals surface area contributed by atoms with Crippen LogP contribution in [0.5, 0.6) is 0 Å². The number of Topliss-reactive ketones (excluding diaryl/α,β-unsaturated/α-hetero) is 1. The van der Waals surface area contributed by atoms with Crippen LogP contribution in [0.15, 0.2) is 12.1 Å². The zero-order chi connectivity index (χ0) is 17.8. The van der Waals surface area contributed by atoms with Gasteiger partial charge in [-0.25, -0.2) is 9.59 Å². The quantitative estimate of drug-likeness (QED) is 0.276. The molecule has 0 radical (unpaired) electrons. The first-order valence-corrected chi connectivity index (χ1v) is 6.87. The maximum atomic E-state index is 12.2. The van der Waals surface area contributed by atoms with Crippen molar-refractivity contribution in [1.29, 1.82) is 0 Å². The summed E-state index contributed by atoms with van der Waals surface area (Å²) in [6, 6.07) is 3.26. The van der Waals surface area contributed by atoms with Crippen molar-refractivity contribution in [2.75, 3.05) is 0 Å². The number of aryl methyl sites for hydroxylation is 1. The standard InChI is InChI=1S/C15H19N3O5/c1-9-6-7-11(18(9)14(21)23-15(3,4)5)8-22-13(20)12(17-16)10(2)19/h6-7H,8H2,1-5H3. The molecule has 0 aromatic carbocycles. The van der Waals surface area contributed by atoms with Crippen LogP contribution in [0, 0.1) is 6.92 Å². The molecule has 8 nitrogen and oxygen atoms in total. The topological polar surface area (TPSA) is 111 Å². The molecule has 8 heteroatoms. The number of hydrogen-bond acceptors (Lipinski definition) is 5. The molecule has 0 saturated carbocycles. The van der Waals surface area contributed by atoms with Crippen molar-refractivity contribution >= 4 is 23.6 Å². The molecule has 0 N–H and O–H groups in total. The molecule has 124 valence electrons. The minimum Gasteiger partial charge on any atom is -0.450 e. The van der Waals surface area contributed by atoms with Gasteiger partial charge in [0.1, 0.15) is 12.2 Å². The van der Waals surface area contributed by atoms with Crippen LogP contribution in [0.4, 0.5) is 4.79 Å². The van der Waals surface area contributed by atoms with Gasteiger partial charge in [-0.2, -0.15) is 4.79 Å². The summed E-state index contributed by atoms with van der Waals surface area (Å²) in [5.41, 5.74) is 8.21. The van der Waals surface area contributed by atoms with E-state index in [0.717, 1.165) is 6.92 Å². The van der Waals surface area contributed by atoms with E-state index in [4.69, 9.17) is 15.0 Å². The van der Waals surface area contributed by atoms with Crippen molar-refractivity contribution in [2.45, 2.75) is 46.8 Å². The van der Waals surface area contributed by atoms with Crippen LogP contribution < -0.4 is 0 Å². The Morgan fingerprint density at radius 1 is 1.26 bits per heavy atom. The van der Waals surface area contributed by atoms with Gasteiger partial charge in [-0.15, -0.1) is 0 Å². The Hall–Kier alpha value is -2.73. The Balaban J connectivity index is 2.92. The molecule has 0 bridgehead atoms. The Labute approximate surface area is 133 Å². The minimum atomic E-state index is -1.07. The molecule has 0 atom stereocenters. The van der Waals surface area contributed by atoms with Gasteiger partial charge in [0, 0.05) is 12.6 Å². The molecule has 0 amide bonds. The van der Waals surface area contributed by atoms with Gasteiger partial charge in [0.25, 0.3) is 0 Å². The highest BCUT2D eigenvalue weighted by Crippen LogP contribution is 2.15. The number of ketones is 1. The van der Waals surface area contributed by atoms with Gasteiger partial charge >= 0.3 is 17.8 Å². The molecule has 0 aliphatic rings. The molecule has 1 rings (SSSR count). The molecule has 23 heavy (non-hydrogen) atoms. The monoisotopic (exact) mass is 321 g/mol. The zero-order valence-corrected chi connectivity index (χ0v) is 13.7. The lowest BCUT2D eigenvalue weighted by atomic mass is 10.2. The highest BCUT2D eigenvalue weighted by molar-refractivity contribution is 6.61. The second kappa shape index (κ2) is 7.02. The summed E-state index contributed by atoms with van der Waals surface area (Å²) >= 11 is 0. The van der Waals surface area contributed by atoms with Gasteiger partial charge in [0.15, 0.2) is 0 Å². The van der Waals surface area contributed by atoms with E-state index in [1.807, 2.05) is 0 Å². The van der Waals surface area contributed by atoms with Gasteiger partial charge in [0.2, 0.25) is 5.78 Å². The lowest BCUT2D eigenvalue weighted by Gasteiger charge is -2.21. The Morgan fingerprint density at radius 3 is 2.35 bits per heavy atom. The van der Waals surface area contributed by atoms with E-state index in [-0.39, 0.29) is 6.61 Å². The number of ether oxygens (including phenoxy) is 2. The summed E-state index contributed by atoms with van der Waals surface area (Å²) in [5.74, 6) is -1.80. The van der Waals surface area contributed by atoms with Gasteiger partial charge in [-0.1, -0.05) is 0 Å². The number of aromatic nitrogens is 1. The summed E-state index contributed by atoms with van der Waals surface area (Å²) in [6.07, 6.45) is -0.603. The second-order valence-electron chi connectivity index (χ2n) is 5.86. The lowest BCUT2D eigenvalue weighted by Crippen LogP contribution is -2.29. The van der Waals surface area contributed by atoms with Crippen molar-refractivity contribution in [3.05, 3.63) is 29.1 Å². The van der Waals surface area contributed by atoms with Crippen LogP contribution in [0.25, 0.3) is 5.53 Å². The third-order valence-corrected chi connectivity index (χ3v) is 2.71. The third kappa shape index (κ3) is 4.89. The van der Waals surface area contributed by atoms with Gasteiger partial charge in [-0.05, 0) is 39.8 Å². The molecule has 0 aliphatic heterocycles. The second-order valence-corrected chi connectivity index (χ2v) is 5.86. The highest BCUT2D eigenvalue weighted by atomic mass is 16.6. The molecular weight excluding hydrogens is 302 g/mol. The molecule has 0 fully saturated rings. The Bertz CT molecular complexity index is 690. The summed E-state index contributed by atoms with van der Waals surface area (Å²) in [4.78, 5) is 37.5. The van der Waals surface area contributed by atoms with E-state index < -0.39 is 29.2 Å². The molecule has 1 aromatic heterocycles. The number of nitrogens with zero attached hydrogens (tertiary/aromatic N) is 3. The average molecular weight is 321 g/mol. The van der Waals surface area contributed by atoms with Crippen LogP contribution in [-0.2, 0) is 25.7 Å². The van der Waals surface area contributed by atoms with Gasteiger partial charge in [-0.3, -0.25) is 9.36 Å². The van der Waals surface area contributed by atoms with Gasteiger partial charge in [0.05, 0.1) is 5.69 Å². The fourth-order valence-electron chi connectivity index (χ4n) is 1.74. The predicted molar refractivity (Wildman–Crippen MR) is 79.9 cm³/mol. The number of carbonyl (C=O) groups is 3. The molecule has 0 saturated heterocycles. The van der Waals surface area contributed by atoms with E-state index in [1.165, 1.54) is 4.57 Å². The van der Waals surface area contributed by atoms with Crippen LogP contribution >= 0.6 is 0 Å². The van der Waals surface area contributed by atoms with Crippen LogP contribution in [0.1, 0.15) is 39.1 Å². The first kappa shape index (κ1) is 18.3. The van der Waals surface area contributed by atoms with E-state index in [0.29, 0.717) is 11.4 Å². The Kier molecular flexibility index (Phi) is 5.59. The summed E-state index contributed by atoms with van der Waals surface area (Å²) in [6.45, 7) is 7.70. The van der Waals surface area contributed by atoms with Gasteiger partial charge < -0.3 is 15.0 Å². The van der Waals surface area contributed by atoms with E-state index in [2.05, 4.69) is 4.79 Å². The van der Waals surface area contributed by atoms with Crippen molar-refractivity contribution in [3.63, 3.8) is 0 Å². The molecular formula is C15H19N3O5. The number of rotatable bonds is 4. The average Bonchev–Trinajstić information content (AvgIpc) is 2.76. The summed E-state index contributed by atoms with van der Waals surface area (Å²) < 4.78 is 11.4. The fraction of sp³-hybridized carbons (Fsp3) is 0.467. The first-order chi connectivity index (χ1) is 10.6. The number of carbonyl (C=O) groups excluding carboxylic acids is 3. The van der Waals surface area contributed by atoms with E-state index in [1.54, 1.807) is 39.8 Å². The van der Waals surface area contributed by atoms with E-state index >= 15 is 0 Å². The predicted octanol–water partition coefficient (Wildman–Crippen LogP) is 1.88. The molecule has 1 heterocycles. The summed E-state index contributed by atoms with van der Waals surface area (Å²) in [7, 11) is 0. The maximum Gasteiger partial charge on any atom is 0.441 e. The van der Waals surface area contributed by atoms with E-state index in [9.17, 15) is 14.4 Å². The molecule has 0 spiro atoms. The van der Waals surface area contributed by atoms with Crippen LogP contribution in [-0.4, -0.2) is 38.5 Å². The summed E-state index contributed by atoms with van der Waals surface area (Å²) in [5, 5.41) is 0. The largest absolute Gasteiger partial charge is 0.450 e. The number of hydrogen-bond donors (Lipinski definition) is 0. The van der Waals surface area contributed by atoms with Crippen molar-refractivity contribution in [1.82, 2.24) is 4.57 Å². The Morgan fingerprint density at radius 2 is 1.87 bits per heavy atom. The van der Waals surface area contributed by atoms with Crippen LogP contribution in [0.2, 0.25) is 0 Å². The molecule has 0 aliphatic carbocycles. The highest BCUT2D eigenvalue weighted by Gasteiger charge is 2.28. The molecule has 1 aromatic rings. The first-order valence-electron chi connectivity index (χ1n) is 6.87. The fourth-order valence-corrected chi connectivity index (χ4v) is 1.74. The molecule has 0 unspecified atom stereocenters. The SMILES string of the molecule is CC(=O)C(=[N+]=[N-])C(=O)OCc1ccc(C)n1C(=O)OC(C)(C)C. The number of esters is 1. The van der Waals surface area contributed by atoms with Crippen LogP contribution in [0.3, 0.4) is 0 Å². The normalized spacial score (nSPS) is 10.7. The zero-order valence-electron chi connectivity index (χ0n) is 13.7.